The van der Waals surface area contributed by atoms with E-state index in [1.807, 2.05) is 32.9 Å². The third-order valence-electron chi connectivity index (χ3n) is 4.08. The number of rotatable bonds is 11. The van der Waals surface area contributed by atoms with Gasteiger partial charge in [0.1, 0.15) is 0 Å². The first-order chi connectivity index (χ1) is 12.2. The molecule has 0 atom stereocenters. The fourth-order valence-electron chi connectivity index (χ4n) is 2.46. The van der Waals surface area contributed by atoms with Gasteiger partial charge in [0.2, 0.25) is 0 Å². The summed E-state index contributed by atoms with van der Waals surface area (Å²) in [6.07, 6.45) is 8.48. The van der Waals surface area contributed by atoms with E-state index in [-0.39, 0.29) is 26.1 Å². The number of ether oxygens (including phenoxy) is 2. The van der Waals surface area contributed by atoms with Crippen LogP contribution in [0.25, 0.3) is 0 Å². The first-order valence-corrected chi connectivity index (χ1v) is 9.46. The molecule has 0 aromatic carbocycles. The van der Waals surface area contributed by atoms with Crippen molar-refractivity contribution in [2.24, 2.45) is 5.41 Å². The van der Waals surface area contributed by atoms with E-state index in [0.29, 0.717) is 0 Å². The van der Waals surface area contributed by atoms with Gasteiger partial charge in [0, 0.05) is 0 Å². The summed E-state index contributed by atoms with van der Waals surface area (Å²) in [6, 6.07) is 0. The lowest BCUT2D eigenvalue weighted by Crippen LogP contribution is -2.41. The highest BCUT2D eigenvalue weighted by molar-refractivity contribution is 6.00. The van der Waals surface area contributed by atoms with Gasteiger partial charge in [-0.2, -0.15) is 0 Å². The Morgan fingerprint density at radius 2 is 1.23 bits per heavy atom. The number of allylic oxidation sites excluding steroid dienone is 6. The molecule has 148 valence electrons. The van der Waals surface area contributed by atoms with E-state index in [1.165, 1.54) is 5.57 Å². The predicted molar refractivity (Wildman–Crippen MR) is 107 cm³/mol. The Labute approximate surface area is 159 Å². The van der Waals surface area contributed by atoms with Crippen LogP contribution in [0.4, 0.5) is 0 Å². The molecule has 0 aromatic rings. The molecule has 0 aromatic heterocycles. The van der Waals surface area contributed by atoms with Crippen LogP contribution >= 0.6 is 0 Å². The van der Waals surface area contributed by atoms with Crippen molar-refractivity contribution < 1.29 is 19.1 Å². The van der Waals surface area contributed by atoms with Gasteiger partial charge in [0.15, 0.2) is 5.41 Å². The van der Waals surface area contributed by atoms with Crippen molar-refractivity contribution in [3.8, 4) is 0 Å². The summed E-state index contributed by atoms with van der Waals surface area (Å²) < 4.78 is 10.5. The van der Waals surface area contributed by atoms with E-state index in [9.17, 15) is 9.59 Å². The second-order valence-electron chi connectivity index (χ2n) is 7.08. The molecule has 0 aliphatic carbocycles. The summed E-state index contributed by atoms with van der Waals surface area (Å²) in [7, 11) is 0. The Bertz CT molecular complexity index is 526. The topological polar surface area (TPSA) is 52.6 Å². The zero-order valence-electron chi connectivity index (χ0n) is 17.6. The maximum atomic E-state index is 12.7. The van der Waals surface area contributed by atoms with E-state index in [1.54, 1.807) is 13.8 Å². The quantitative estimate of drug-likeness (QED) is 0.274. The van der Waals surface area contributed by atoms with Gasteiger partial charge in [-0.05, 0) is 74.1 Å². The SMILES string of the molecule is CCOC(=O)C(CC=C(C)C)(C/C=C(\C)CCC=C(C)C)C(=O)OCC. The minimum atomic E-state index is -1.32. The van der Waals surface area contributed by atoms with Crippen molar-refractivity contribution in [1.82, 2.24) is 0 Å². The normalized spacial score (nSPS) is 11.6. The average molecular weight is 365 g/mol. The number of carbonyl (C=O) groups excluding carboxylic acids is 2. The number of carbonyl (C=O) groups is 2. The molecule has 0 radical (unpaired) electrons. The molecule has 0 amide bonds. The molecule has 0 aliphatic heterocycles. The predicted octanol–water partition coefficient (Wildman–Crippen LogP) is 5.54. The second-order valence-corrected chi connectivity index (χ2v) is 7.08. The molecule has 0 saturated carbocycles. The Morgan fingerprint density at radius 3 is 1.65 bits per heavy atom. The van der Waals surface area contributed by atoms with E-state index in [4.69, 9.17) is 9.47 Å². The van der Waals surface area contributed by atoms with Crippen LogP contribution < -0.4 is 0 Å². The summed E-state index contributed by atoms with van der Waals surface area (Å²) >= 11 is 0. The summed E-state index contributed by atoms with van der Waals surface area (Å²) in [5, 5.41) is 0. The van der Waals surface area contributed by atoms with Gasteiger partial charge in [-0.3, -0.25) is 9.59 Å². The van der Waals surface area contributed by atoms with Crippen LogP contribution in [0.2, 0.25) is 0 Å². The number of esters is 2. The molecule has 0 fully saturated rings. The van der Waals surface area contributed by atoms with Gasteiger partial charge < -0.3 is 9.47 Å². The number of hydrogen-bond acceptors (Lipinski definition) is 4. The Kier molecular flexibility index (Phi) is 11.6. The minimum Gasteiger partial charge on any atom is -0.465 e. The van der Waals surface area contributed by atoms with Crippen molar-refractivity contribution in [2.75, 3.05) is 13.2 Å². The standard InChI is InChI=1S/C22H36O4/c1-8-25-20(23)22(15-13-18(5)6,21(24)26-9-2)16-14-19(7)12-10-11-17(3)4/h11,13-14H,8-10,12,15-16H2,1-7H3/b19-14+. The molecule has 4 nitrogen and oxygen atoms in total. The van der Waals surface area contributed by atoms with Crippen LogP contribution in [-0.2, 0) is 19.1 Å². The van der Waals surface area contributed by atoms with Gasteiger partial charge in [-0.15, -0.1) is 0 Å². The summed E-state index contributed by atoms with van der Waals surface area (Å²) in [4.78, 5) is 25.4. The highest BCUT2D eigenvalue weighted by Gasteiger charge is 2.47. The lowest BCUT2D eigenvalue weighted by Gasteiger charge is -2.27. The van der Waals surface area contributed by atoms with Crippen LogP contribution in [0.5, 0.6) is 0 Å². The minimum absolute atomic E-state index is 0.234. The Balaban J connectivity index is 5.62. The molecule has 0 saturated heterocycles. The van der Waals surface area contributed by atoms with E-state index in [2.05, 4.69) is 19.9 Å². The molecule has 0 bridgehead atoms. The first-order valence-electron chi connectivity index (χ1n) is 9.46. The van der Waals surface area contributed by atoms with Crippen LogP contribution in [0, 0.1) is 5.41 Å². The highest BCUT2D eigenvalue weighted by Crippen LogP contribution is 2.33. The smallest absolute Gasteiger partial charge is 0.324 e. The van der Waals surface area contributed by atoms with Gasteiger partial charge in [0.05, 0.1) is 13.2 Å². The van der Waals surface area contributed by atoms with Gasteiger partial charge in [-0.1, -0.05) is 34.9 Å². The zero-order chi connectivity index (χ0) is 20.2. The molecule has 4 heteroatoms. The Hall–Kier alpha value is -1.84. The van der Waals surface area contributed by atoms with E-state index in [0.717, 1.165) is 24.0 Å². The zero-order valence-corrected chi connectivity index (χ0v) is 17.6. The summed E-state index contributed by atoms with van der Waals surface area (Å²) in [6.45, 7) is 14.0. The molecule has 0 heterocycles. The van der Waals surface area contributed by atoms with Gasteiger partial charge >= 0.3 is 11.9 Å². The van der Waals surface area contributed by atoms with Crippen LogP contribution in [0.1, 0.15) is 74.1 Å². The molecule has 0 spiro atoms. The van der Waals surface area contributed by atoms with Crippen LogP contribution in [0.3, 0.4) is 0 Å². The maximum absolute atomic E-state index is 12.7. The molecule has 0 N–H and O–H groups in total. The fraction of sp³-hybridized carbons (Fsp3) is 0.636. The Morgan fingerprint density at radius 1 is 0.769 bits per heavy atom. The summed E-state index contributed by atoms with van der Waals surface area (Å²) in [5.74, 6) is -1.02. The lowest BCUT2D eigenvalue weighted by molar-refractivity contribution is -0.171. The van der Waals surface area contributed by atoms with Crippen molar-refractivity contribution in [3.63, 3.8) is 0 Å². The lowest BCUT2D eigenvalue weighted by atomic mass is 9.79. The molecule has 0 rings (SSSR count). The van der Waals surface area contributed by atoms with E-state index < -0.39 is 17.4 Å². The van der Waals surface area contributed by atoms with Crippen molar-refractivity contribution in [1.29, 1.82) is 0 Å². The van der Waals surface area contributed by atoms with Crippen LogP contribution in [0.15, 0.2) is 34.9 Å². The largest absolute Gasteiger partial charge is 0.465 e. The first kappa shape index (κ1) is 24.2. The summed E-state index contributed by atoms with van der Waals surface area (Å²) in [5.41, 5.74) is 2.17. The third-order valence-corrected chi connectivity index (χ3v) is 4.08. The fourth-order valence-corrected chi connectivity index (χ4v) is 2.46. The maximum Gasteiger partial charge on any atom is 0.324 e. The van der Waals surface area contributed by atoms with Gasteiger partial charge in [-0.25, -0.2) is 0 Å². The van der Waals surface area contributed by atoms with Gasteiger partial charge in [0.25, 0.3) is 0 Å². The average Bonchev–Trinajstić information content (AvgIpc) is 2.55. The van der Waals surface area contributed by atoms with Crippen molar-refractivity contribution in [2.45, 2.75) is 74.1 Å². The molecule has 0 unspecified atom stereocenters. The molecule has 0 aliphatic rings. The molecular formula is C22H36O4. The van der Waals surface area contributed by atoms with Crippen LogP contribution in [-0.4, -0.2) is 25.2 Å². The monoisotopic (exact) mass is 364 g/mol. The molecular weight excluding hydrogens is 328 g/mol. The van der Waals surface area contributed by atoms with Crippen molar-refractivity contribution >= 4 is 11.9 Å². The highest BCUT2D eigenvalue weighted by atomic mass is 16.6. The van der Waals surface area contributed by atoms with Crippen molar-refractivity contribution in [3.05, 3.63) is 34.9 Å². The van der Waals surface area contributed by atoms with E-state index >= 15 is 0 Å². The second kappa shape index (κ2) is 12.5. The third kappa shape index (κ3) is 8.50. The number of hydrogen-bond donors (Lipinski definition) is 0. The molecule has 26 heavy (non-hydrogen) atoms.